The van der Waals surface area contributed by atoms with E-state index in [1.807, 2.05) is 0 Å². The molecule has 0 bridgehead atoms. The van der Waals surface area contributed by atoms with Gasteiger partial charge in [-0.15, -0.1) is 0 Å². The van der Waals surface area contributed by atoms with Gasteiger partial charge in [0.05, 0.1) is 25.7 Å². The normalized spacial score (nSPS) is 26.4. The predicted molar refractivity (Wildman–Crippen MR) is 71.2 cm³/mol. The summed E-state index contributed by atoms with van der Waals surface area (Å²) in [5.41, 5.74) is 0. The summed E-state index contributed by atoms with van der Waals surface area (Å²) >= 11 is 0. The molecule has 1 N–H and O–H groups in total. The Morgan fingerprint density at radius 2 is 2.11 bits per heavy atom. The highest BCUT2D eigenvalue weighted by molar-refractivity contribution is 5.66. The minimum absolute atomic E-state index is 0.111. The lowest BCUT2D eigenvalue weighted by atomic mass is 9.99. The molecule has 5 heteroatoms. The van der Waals surface area contributed by atoms with Crippen LogP contribution in [0.1, 0.15) is 32.1 Å². The number of aliphatic carboxylic acids is 1. The van der Waals surface area contributed by atoms with Gasteiger partial charge < -0.3 is 19.5 Å². The number of piperidine rings is 1. The van der Waals surface area contributed by atoms with Crippen LogP contribution in [-0.4, -0.2) is 61.5 Å². The SMILES string of the molecule is O=C(O)CCOC1CCN(CC2CCCOC2)CC1. The van der Waals surface area contributed by atoms with E-state index in [4.69, 9.17) is 14.6 Å². The first-order valence-corrected chi connectivity index (χ1v) is 7.37. The Morgan fingerprint density at radius 1 is 1.32 bits per heavy atom. The second-order valence-electron chi connectivity index (χ2n) is 5.60. The minimum Gasteiger partial charge on any atom is -0.481 e. The Bertz CT molecular complexity index is 271. The molecule has 2 saturated heterocycles. The summed E-state index contributed by atoms with van der Waals surface area (Å²) in [5, 5.41) is 8.57. The number of carboxylic acids is 1. The molecular weight excluding hydrogens is 246 g/mol. The summed E-state index contributed by atoms with van der Waals surface area (Å²) in [5.74, 6) is -0.0898. The maximum absolute atomic E-state index is 10.4. The molecule has 5 nitrogen and oxygen atoms in total. The Labute approximate surface area is 114 Å². The first kappa shape index (κ1) is 14.8. The maximum Gasteiger partial charge on any atom is 0.305 e. The van der Waals surface area contributed by atoms with Crippen molar-refractivity contribution < 1.29 is 19.4 Å². The molecule has 1 atom stereocenters. The molecule has 0 spiro atoms. The van der Waals surface area contributed by atoms with Crippen LogP contribution in [-0.2, 0) is 14.3 Å². The van der Waals surface area contributed by atoms with E-state index in [0.29, 0.717) is 12.5 Å². The third-order valence-electron chi connectivity index (χ3n) is 3.98. The number of ether oxygens (including phenoxy) is 2. The van der Waals surface area contributed by atoms with E-state index in [1.165, 1.54) is 12.8 Å². The Hall–Kier alpha value is -0.650. The van der Waals surface area contributed by atoms with Crippen LogP contribution in [0.25, 0.3) is 0 Å². The molecular formula is C14H25NO4. The fraction of sp³-hybridized carbons (Fsp3) is 0.929. The Morgan fingerprint density at radius 3 is 2.74 bits per heavy atom. The lowest BCUT2D eigenvalue weighted by Gasteiger charge is -2.35. The Balaban J connectivity index is 1.58. The van der Waals surface area contributed by atoms with Crippen molar-refractivity contribution in [3.8, 4) is 0 Å². The molecule has 0 amide bonds. The number of carbonyl (C=O) groups is 1. The van der Waals surface area contributed by atoms with E-state index in [2.05, 4.69) is 4.90 Å². The third kappa shape index (κ3) is 5.47. The topological polar surface area (TPSA) is 59.0 Å². The van der Waals surface area contributed by atoms with Gasteiger partial charge in [-0.2, -0.15) is 0 Å². The summed E-state index contributed by atoms with van der Waals surface area (Å²) in [4.78, 5) is 12.9. The molecule has 0 aromatic rings. The van der Waals surface area contributed by atoms with Gasteiger partial charge in [0, 0.05) is 26.2 Å². The molecule has 110 valence electrons. The van der Waals surface area contributed by atoms with Gasteiger partial charge in [-0.25, -0.2) is 0 Å². The summed E-state index contributed by atoms with van der Waals surface area (Å²) < 4.78 is 11.1. The van der Waals surface area contributed by atoms with Gasteiger partial charge in [-0.05, 0) is 31.6 Å². The van der Waals surface area contributed by atoms with Crippen LogP contribution in [0.15, 0.2) is 0 Å². The molecule has 2 heterocycles. The zero-order chi connectivity index (χ0) is 13.5. The van der Waals surface area contributed by atoms with Gasteiger partial charge in [0.15, 0.2) is 0 Å². The molecule has 0 radical (unpaired) electrons. The molecule has 2 aliphatic heterocycles. The van der Waals surface area contributed by atoms with Crippen molar-refractivity contribution in [2.45, 2.75) is 38.2 Å². The second-order valence-corrected chi connectivity index (χ2v) is 5.60. The first-order chi connectivity index (χ1) is 9.24. The highest BCUT2D eigenvalue weighted by atomic mass is 16.5. The summed E-state index contributed by atoms with van der Waals surface area (Å²) in [6, 6.07) is 0. The largest absolute Gasteiger partial charge is 0.481 e. The fourth-order valence-electron chi connectivity index (χ4n) is 2.89. The van der Waals surface area contributed by atoms with Crippen molar-refractivity contribution in [3.05, 3.63) is 0 Å². The van der Waals surface area contributed by atoms with E-state index in [9.17, 15) is 4.79 Å². The number of hydrogen-bond donors (Lipinski definition) is 1. The number of likely N-dealkylation sites (tertiary alicyclic amines) is 1. The monoisotopic (exact) mass is 271 g/mol. The molecule has 0 aliphatic carbocycles. The van der Waals surface area contributed by atoms with Crippen molar-refractivity contribution >= 4 is 5.97 Å². The molecule has 0 aromatic heterocycles. The fourth-order valence-corrected chi connectivity index (χ4v) is 2.89. The van der Waals surface area contributed by atoms with Crippen LogP contribution in [0.3, 0.4) is 0 Å². The van der Waals surface area contributed by atoms with Crippen molar-refractivity contribution in [2.24, 2.45) is 5.92 Å². The smallest absolute Gasteiger partial charge is 0.305 e. The first-order valence-electron chi connectivity index (χ1n) is 7.37. The average Bonchev–Trinajstić information content (AvgIpc) is 2.42. The lowest BCUT2D eigenvalue weighted by molar-refractivity contribution is -0.138. The van der Waals surface area contributed by atoms with E-state index in [0.717, 1.165) is 45.7 Å². The van der Waals surface area contributed by atoms with Gasteiger partial charge in [0.2, 0.25) is 0 Å². The van der Waals surface area contributed by atoms with Crippen LogP contribution < -0.4 is 0 Å². The molecule has 1 unspecified atom stereocenters. The molecule has 0 saturated carbocycles. The Kier molecular flexibility index (Phi) is 6.07. The van der Waals surface area contributed by atoms with Crippen LogP contribution in [0.4, 0.5) is 0 Å². The van der Waals surface area contributed by atoms with Gasteiger partial charge in [-0.1, -0.05) is 0 Å². The maximum atomic E-state index is 10.4. The second kappa shape index (κ2) is 7.82. The zero-order valence-electron chi connectivity index (χ0n) is 11.6. The average molecular weight is 271 g/mol. The van der Waals surface area contributed by atoms with Crippen molar-refractivity contribution in [1.82, 2.24) is 4.90 Å². The highest BCUT2D eigenvalue weighted by Gasteiger charge is 2.23. The number of rotatable bonds is 6. The predicted octanol–water partition coefficient (Wildman–Crippen LogP) is 1.37. The van der Waals surface area contributed by atoms with Gasteiger partial charge in [0.25, 0.3) is 0 Å². The van der Waals surface area contributed by atoms with Crippen molar-refractivity contribution in [1.29, 1.82) is 0 Å². The van der Waals surface area contributed by atoms with Crippen molar-refractivity contribution in [2.75, 3.05) is 39.5 Å². The summed E-state index contributed by atoms with van der Waals surface area (Å²) in [7, 11) is 0. The summed E-state index contributed by atoms with van der Waals surface area (Å²) in [6.07, 6.45) is 4.88. The van der Waals surface area contributed by atoms with Crippen LogP contribution in [0, 0.1) is 5.92 Å². The minimum atomic E-state index is -0.783. The lowest BCUT2D eigenvalue weighted by Crippen LogP contribution is -2.41. The van der Waals surface area contributed by atoms with Crippen LogP contribution in [0.2, 0.25) is 0 Å². The molecule has 2 rings (SSSR count). The molecule has 2 aliphatic rings. The van der Waals surface area contributed by atoms with Crippen LogP contribution >= 0.6 is 0 Å². The zero-order valence-corrected chi connectivity index (χ0v) is 11.6. The van der Waals surface area contributed by atoms with Gasteiger partial charge in [0.1, 0.15) is 0 Å². The quantitative estimate of drug-likeness (QED) is 0.790. The van der Waals surface area contributed by atoms with Crippen LogP contribution in [0.5, 0.6) is 0 Å². The van der Waals surface area contributed by atoms with E-state index >= 15 is 0 Å². The summed E-state index contributed by atoms with van der Waals surface area (Å²) in [6.45, 7) is 5.45. The van der Waals surface area contributed by atoms with E-state index in [1.54, 1.807) is 0 Å². The highest BCUT2D eigenvalue weighted by Crippen LogP contribution is 2.19. The van der Waals surface area contributed by atoms with E-state index < -0.39 is 5.97 Å². The van der Waals surface area contributed by atoms with Gasteiger partial charge in [-0.3, -0.25) is 4.79 Å². The standard InChI is InChI=1S/C14H25NO4/c16-14(17)5-9-19-13-3-6-15(7-4-13)10-12-2-1-8-18-11-12/h12-13H,1-11H2,(H,16,17). The van der Waals surface area contributed by atoms with E-state index in [-0.39, 0.29) is 12.5 Å². The third-order valence-corrected chi connectivity index (χ3v) is 3.98. The number of nitrogens with zero attached hydrogens (tertiary/aromatic N) is 1. The molecule has 2 fully saturated rings. The molecule has 0 aromatic carbocycles. The van der Waals surface area contributed by atoms with Gasteiger partial charge >= 0.3 is 5.97 Å². The number of carboxylic acid groups (broad SMARTS) is 1. The number of hydrogen-bond acceptors (Lipinski definition) is 4. The van der Waals surface area contributed by atoms with Crippen molar-refractivity contribution in [3.63, 3.8) is 0 Å². The molecule has 19 heavy (non-hydrogen) atoms.